The number of rotatable bonds is 3. The first-order valence-electron chi connectivity index (χ1n) is 8.03. The van der Waals surface area contributed by atoms with Crippen LogP contribution in [0.25, 0.3) is 0 Å². The van der Waals surface area contributed by atoms with Gasteiger partial charge in [-0.1, -0.05) is 42.3 Å². The van der Waals surface area contributed by atoms with Crippen LogP contribution in [-0.4, -0.2) is 30.8 Å². The molecule has 5 heteroatoms. The van der Waals surface area contributed by atoms with Gasteiger partial charge in [0.15, 0.2) is 0 Å². The van der Waals surface area contributed by atoms with Crippen LogP contribution >= 0.6 is 0 Å². The molecule has 4 nitrogen and oxygen atoms in total. The molecule has 2 aromatic rings. The zero-order valence-electron chi connectivity index (χ0n) is 13.2. The Hall–Kier alpha value is -2.16. The molecule has 1 aliphatic heterocycles. The summed E-state index contributed by atoms with van der Waals surface area (Å²) in [6, 6.07) is 15.0. The maximum atomic E-state index is 12.7. The summed E-state index contributed by atoms with van der Waals surface area (Å²) in [5.41, 5.74) is 1.40. The number of hydrogen-bond donors (Lipinski definition) is 0. The highest BCUT2D eigenvalue weighted by atomic mass is 32.2. The van der Waals surface area contributed by atoms with Gasteiger partial charge in [-0.05, 0) is 36.0 Å². The molecule has 0 radical (unpaired) electrons. The molecule has 2 heterocycles. The highest BCUT2D eigenvalue weighted by Crippen LogP contribution is 2.58. The zero-order valence-corrected chi connectivity index (χ0v) is 14.0. The lowest BCUT2D eigenvalue weighted by Crippen LogP contribution is -2.32. The van der Waals surface area contributed by atoms with Gasteiger partial charge in [-0.3, -0.25) is 0 Å². The van der Waals surface area contributed by atoms with Crippen molar-refractivity contribution in [3.8, 4) is 11.8 Å². The first kappa shape index (κ1) is 15.4. The summed E-state index contributed by atoms with van der Waals surface area (Å²) in [5, 5.41) is 0. The lowest BCUT2D eigenvalue weighted by Gasteiger charge is -2.19. The van der Waals surface area contributed by atoms with Crippen molar-refractivity contribution < 1.29 is 8.42 Å². The van der Waals surface area contributed by atoms with Crippen LogP contribution in [0.5, 0.6) is 0 Å². The molecule has 2 atom stereocenters. The summed E-state index contributed by atoms with van der Waals surface area (Å²) >= 11 is 0. The molecule has 0 bridgehead atoms. The summed E-state index contributed by atoms with van der Waals surface area (Å²) in [4.78, 5) is 4.21. The molecule has 122 valence electrons. The largest absolute Gasteiger partial charge is 0.248 e. The van der Waals surface area contributed by atoms with Crippen molar-refractivity contribution in [3.05, 3.63) is 66.0 Å². The van der Waals surface area contributed by atoms with Gasteiger partial charge in [-0.15, -0.1) is 0 Å². The van der Waals surface area contributed by atoms with Gasteiger partial charge in [0, 0.05) is 19.3 Å². The van der Waals surface area contributed by atoms with E-state index in [4.69, 9.17) is 0 Å². The van der Waals surface area contributed by atoms with Crippen molar-refractivity contribution in [2.24, 2.45) is 11.3 Å². The van der Waals surface area contributed by atoms with Crippen molar-refractivity contribution in [2.75, 3.05) is 13.1 Å². The lowest BCUT2D eigenvalue weighted by atomic mass is 10.1. The van der Waals surface area contributed by atoms with Crippen LogP contribution in [0.15, 0.2) is 54.7 Å². The molecule has 1 aromatic heterocycles. The molecule has 1 aromatic carbocycles. The normalized spacial score (nSPS) is 25.6. The lowest BCUT2D eigenvalue weighted by molar-refractivity contribution is 0.429. The van der Waals surface area contributed by atoms with E-state index in [0.717, 1.165) is 17.7 Å². The molecule has 2 aliphatic rings. The van der Waals surface area contributed by atoms with E-state index in [9.17, 15) is 8.42 Å². The summed E-state index contributed by atoms with van der Waals surface area (Å²) in [5.74, 6) is 6.82. The average Bonchev–Trinajstić information content (AvgIpc) is 3.15. The Balaban J connectivity index is 1.48. The predicted molar refractivity (Wildman–Crippen MR) is 92.3 cm³/mol. The van der Waals surface area contributed by atoms with Crippen LogP contribution in [0.1, 0.15) is 17.7 Å². The quantitative estimate of drug-likeness (QED) is 0.807. The summed E-state index contributed by atoms with van der Waals surface area (Å²) in [6.45, 7) is 1.10. The second-order valence-corrected chi connectivity index (χ2v) is 8.53. The average molecular weight is 338 g/mol. The van der Waals surface area contributed by atoms with Crippen LogP contribution < -0.4 is 0 Å². The molecule has 24 heavy (non-hydrogen) atoms. The first-order valence-corrected chi connectivity index (χ1v) is 9.64. The van der Waals surface area contributed by atoms with Crippen LogP contribution in [0.4, 0.5) is 0 Å². The number of sulfonamides is 1. The molecule has 1 saturated heterocycles. The topological polar surface area (TPSA) is 50.3 Å². The van der Waals surface area contributed by atoms with Crippen molar-refractivity contribution in [1.29, 1.82) is 0 Å². The Morgan fingerprint density at radius 2 is 1.96 bits per heavy atom. The highest BCUT2D eigenvalue weighted by Gasteiger charge is 2.61. The molecule has 1 saturated carbocycles. The first-order chi connectivity index (χ1) is 11.6. The molecule has 0 spiro atoms. The van der Waals surface area contributed by atoms with Crippen molar-refractivity contribution in [1.82, 2.24) is 9.29 Å². The maximum Gasteiger partial charge on any atom is 0.218 e. The van der Waals surface area contributed by atoms with Crippen LogP contribution in [0.2, 0.25) is 0 Å². The molecule has 2 unspecified atom stereocenters. The molecule has 0 amide bonds. The van der Waals surface area contributed by atoms with E-state index < -0.39 is 10.0 Å². The second-order valence-electron chi connectivity index (χ2n) is 6.56. The van der Waals surface area contributed by atoms with Gasteiger partial charge < -0.3 is 0 Å². The van der Waals surface area contributed by atoms with Gasteiger partial charge in [0.05, 0.1) is 11.2 Å². The number of benzene rings is 1. The molecule has 4 rings (SSSR count). The number of nitrogens with zero attached hydrogens (tertiary/aromatic N) is 2. The third kappa shape index (κ3) is 2.95. The van der Waals surface area contributed by atoms with E-state index in [1.54, 1.807) is 10.5 Å². The Bertz CT molecular complexity index is 901. The second kappa shape index (κ2) is 5.73. The fourth-order valence-corrected chi connectivity index (χ4v) is 4.98. The summed E-state index contributed by atoms with van der Waals surface area (Å²) in [6.07, 6.45) is 2.71. The monoisotopic (exact) mass is 338 g/mol. The van der Waals surface area contributed by atoms with Crippen molar-refractivity contribution >= 4 is 10.0 Å². The molecular weight excluding hydrogens is 320 g/mol. The van der Waals surface area contributed by atoms with Gasteiger partial charge in [0.2, 0.25) is 10.0 Å². The number of piperidine rings is 1. The van der Waals surface area contributed by atoms with Gasteiger partial charge >= 0.3 is 0 Å². The molecule has 0 N–H and O–H groups in total. The minimum atomic E-state index is -3.29. The van der Waals surface area contributed by atoms with E-state index in [0.29, 0.717) is 19.0 Å². The van der Waals surface area contributed by atoms with Crippen molar-refractivity contribution in [3.63, 3.8) is 0 Å². The van der Waals surface area contributed by atoms with Gasteiger partial charge in [0.25, 0.3) is 0 Å². The number of aromatic nitrogens is 1. The smallest absolute Gasteiger partial charge is 0.218 e. The zero-order chi connectivity index (χ0) is 16.6. The summed E-state index contributed by atoms with van der Waals surface area (Å²) < 4.78 is 26.9. The number of hydrogen-bond acceptors (Lipinski definition) is 3. The van der Waals surface area contributed by atoms with Crippen LogP contribution in [-0.2, 0) is 15.8 Å². The molecule has 2 fully saturated rings. The van der Waals surface area contributed by atoms with E-state index in [-0.39, 0.29) is 11.2 Å². The molecule has 1 aliphatic carbocycles. The SMILES string of the molecule is O=S(=O)(Cc1ccccc1)N1CC2CC2(C#Cc2ccccn2)C1. The number of fused-ring (bicyclic) bond motifs is 1. The third-order valence-corrected chi connectivity index (χ3v) is 6.57. The summed E-state index contributed by atoms with van der Waals surface area (Å²) in [7, 11) is -3.29. The standard InChI is InChI=1S/C19H18N2O2S/c22-24(23,14-16-6-2-1-3-7-16)21-13-17-12-19(17,15-21)10-9-18-8-4-5-11-20-18/h1-8,11,17H,12-15H2. The van der Waals surface area contributed by atoms with Gasteiger partial charge in [0.1, 0.15) is 5.69 Å². The maximum absolute atomic E-state index is 12.7. The van der Waals surface area contributed by atoms with Crippen molar-refractivity contribution in [2.45, 2.75) is 12.2 Å². The molecular formula is C19H18N2O2S. The van der Waals surface area contributed by atoms with Crippen LogP contribution in [0, 0.1) is 23.2 Å². The minimum absolute atomic E-state index is 0.0598. The minimum Gasteiger partial charge on any atom is -0.248 e. The fourth-order valence-electron chi connectivity index (χ4n) is 3.34. The van der Waals surface area contributed by atoms with Crippen LogP contribution in [0.3, 0.4) is 0 Å². The Kier molecular flexibility index (Phi) is 3.67. The Labute approximate surface area is 142 Å². The van der Waals surface area contributed by atoms with E-state index in [2.05, 4.69) is 16.8 Å². The Morgan fingerprint density at radius 3 is 2.71 bits per heavy atom. The predicted octanol–water partition coefficient (Wildman–Crippen LogP) is 2.29. The highest BCUT2D eigenvalue weighted by molar-refractivity contribution is 7.88. The van der Waals surface area contributed by atoms with E-state index >= 15 is 0 Å². The fraction of sp³-hybridized carbons (Fsp3) is 0.316. The third-order valence-electron chi connectivity index (χ3n) is 4.80. The Morgan fingerprint density at radius 1 is 1.17 bits per heavy atom. The van der Waals surface area contributed by atoms with Gasteiger partial charge in [-0.25, -0.2) is 13.4 Å². The van der Waals surface area contributed by atoms with Gasteiger partial charge in [-0.2, -0.15) is 4.31 Å². The number of pyridine rings is 1. The van der Waals surface area contributed by atoms with E-state index in [1.165, 1.54) is 0 Å². The van der Waals surface area contributed by atoms with E-state index in [1.807, 2.05) is 48.5 Å².